The lowest BCUT2D eigenvalue weighted by Gasteiger charge is -2.17. The topological polar surface area (TPSA) is 29.5 Å². The second-order valence-electron chi connectivity index (χ2n) is 4.96. The maximum Gasteiger partial charge on any atom is 0.132 e. The lowest BCUT2D eigenvalue weighted by atomic mass is 9.96. The smallest absolute Gasteiger partial charge is 0.132 e. The first-order valence-corrected chi connectivity index (χ1v) is 6.84. The van der Waals surface area contributed by atoms with Gasteiger partial charge in [-0.3, -0.25) is 0 Å². The van der Waals surface area contributed by atoms with E-state index in [4.69, 9.17) is 16.3 Å². The molecule has 2 aromatic carbocycles. The average molecular weight is 293 g/mol. The Morgan fingerprint density at radius 1 is 1.30 bits per heavy atom. The first-order chi connectivity index (χ1) is 9.58. The van der Waals surface area contributed by atoms with Crippen LogP contribution < -0.4 is 4.74 Å². The summed E-state index contributed by atoms with van der Waals surface area (Å²) in [4.78, 5) is 0. The number of hydrogen-bond acceptors (Lipinski definition) is 2. The molecule has 4 heteroatoms. The van der Waals surface area contributed by atoms with Gasteiger partial charge in [0.1, 0.15) is 17.7 Å². The molecule has 1 heterocycles. The van der Waals surface area contributed by atoms with E-state index in [1.807, 2.05) is 6.07 Å². The van der Waals surface area contributed by atoms with Gasteiger partial charge in [0, 0.05) is 22.6 Å². The molecule has 0 radical (unpaired) electrons. The first kappa shape index (κ1) is 13.4. The summed E-state index contributed by atoms with van der Waals surface area (Å²) in [7, 11) is 0. The van der Waals surface area contributed by atoms with Gasteiger partial charge in [-0.1, -0.05) is 29.8 Å². The van der Waals surface area contributed by atoms with Gasteiger partial charge >= 0.3 is 0 Å². The Morgan fingerprint density at radius 2 is 2.10 bits per heavy atom. The molecular formula is C16H14ClFO2. The molecule has 0 amide bonds. The van der Waals surface area contributed by atoms with E-state index in [0.717, 1.165) is 12.0 Å². The van der Waals surface area contributed by atoms with Gasteiger partial charge in [0.2, 0.25) is 0 Å². The Hall–Kier alpha value is -1.58. The van der Waals surface area contributed by atoms with Gasteiger partial charge in [-0.15, -0.1) is 0 Å². The van der Waals surface area contributed by atoms with Crippen molar-refractivity contribution in [1.29, 1.82) is 0 Å². The molecule has 1 atom stereocenters. The van der Waals surface area contributed by atoms with Crippen LogP contribution in [0.3, 0.4) is 0 Å². The van der Waals surface area contributed by atoms with Crippen LogP contribution in [0.25, 0.3) is 0 Å². The summed E-state index contributed by atoms with van der Waals surface area (Å²) < 4.78 is 19.7. The molecule has 1 aliphatic heterocycles. The van der Waals surface area contributed by atoms with E-state index in [1.165, 1.54) is 0 Å². The van der Waals surface area contributed by atoms with Gasteiger partial charge in [0.05, 0.1) is 6.61 Å². The molecule has 0 aromatic heterocycles. The van der Waals surface area contributed by atoms with E-state index in [2.05, 4.69) is 0 Å². The highest BCUT2D eigenvalue weighted by Crippen LogP contribution is 2.39. The Kier molecular flexibility index (Phi) is 3.40. The van der Waals surface area contributed by atoms with Crippen LogP contribution >= 0.6 is 11.6 Å². The van der Waals surface area contributed by atoms with Gasteiger partial charge in [-0.2, -0.15) is 0 Å². The van der Waals surface area contributed by atoms with Crippen molar-refractivity contribution in [3.05, 3.63) is 63.4 Å². The van der Waals surface area contributed by atoms with Crippen molar-refractivity contribution in [2.45, 2.75) is 19.4 Å². The van der Waals surface area contributed by atoms with E-state index >= 15 is 0 Å². The number of fused-ring (bicyclic) bond motifs is 1. The number of halogens is 2. The average Bonchev–Trinajstić information content (AvgIpc) is 2.88. The van der Waals surface area contributed by atoms with Crippen molar-refractivity contribution < 1.29 is 14.2 Å². The van der Waals surface area contributed by atoms with Crippen molar-refractivity contribution in [2.24, 2.45) is 0 Å². The maximum atomic E-state index is 14.2. The van der Waals surface area contributed by atoms with Crippen LogP contribution in [0, 0.1) is 12.7 Å². The van der Waals surface area contributed by atoms with Crippen LogP contribution in [0.4, 0.5) is 4.39 Å². The Labute approximate surface area is 121 Å². The van der Waals surface area contributed by atoms with Crippen LogP contribution in [0.2, 0.25) is 5.02 Å². The number of aliphatic hydroxyl groups is 1. The number of aryl methyl sites for hydroxylation is 1. The molecule has 0 aliphatic carbocycles. The van der Waals surface area contributed by atoms with Crippen molar-refractivity contribution in [3.63, 3.8) is 0 Å². The molecule has 104 valence electrons. The molecule has 1 aliphatic rings. The predicted octanol–water partition coefficient (Wildman–Crippen LogP) is 3.80. The van der Waals surface area contributed by atoms with Gasteiger partial charge in [-0.25, -0.2) is 4.39 Å². The third kappa shape index (κ3) is 2.17. The highest BCUT2D eigenvalue weighted by molar-refractivity contribution is 6.30. The molecule has 2 nitrogen and oxygen atoms in total. The molecule has 1 N–H and O–H groups in total. The zero-order valence-electron chi connectivity index (χ0n) is 11.0. The van der Waals surface area contributed by atoms with Crippen LogP contribution in [0.1, 0.15) is 28.4 Å². The molecule has 2 aromatic rings. The fourth-order valence-corrected chi connectivity index (χ4v) is 2.80. The molecular weight excluding hydrogens is 279 g/mol. The molecule has 0 bridgehead atoms. The maximum absolute atomic E-state index is 14.2. The van der Waals surface area contributed by atoms with Crippen LogP contribution in [-0.4, -0.2) is 11.7 Å². The Balaban J connectivity index is 2.11. The largest absolute Gasteiger partial charge is 0.493 e. The highest BCUT2D eigenvalue weighted by Gasteiger charge is 2.25. The lowest BCUT2D eigenvalue weighted by Crippen LogP contribution is -2.05. The number of benzene rings is 2. The Morgan fingerprint density at radius 3 is 2.90 bits per heavy atom. The minimum Gasteiger partial charge on any atom is -0.493 e. The van der Waals surface area contributed by atoms with Crippen LogP contribution in [0.5, 0.6) is 5.75 Å². The van der Waals surface area contributed by atoms with E-state index in [1.54, 1.807) is 31.2 Å². The highest BCUT2D eigenvalue weighted by atomic mass is 35.5. The van der Waals surface area contributed by atoms with Crippen LogP contribution in [0.15, 0.2) is 30.3 Å². The summed E-state index contributed by atoms with van der Waals surface area (Å²) in [5.41, 5.74) is 2.22. The van der Waals surface area contributed by atoms with Gasteiger partial charge < -0.3 is 9.84 Å². The summed E-state index contributed by atoms with van der Waals surface area (Å²) in [6.07, 6.45) is -0.327. The lowest BCUT2D eigenvalue weighted by molar-refractivity contribution is 0.208. The van der Waals surface area contributed by atoms with Crippen molar-refractivity contribution in [3.8, 4) is 5.75 Å². The molecule has 0 fully saturated rings. The third-order valence-electron chi connectivity index (χ3n) is 3.59. The zero-order chi connectivity index (χ0) is 14.3. The van der Waals surface area contributed by atoms with Crippen molar-refractivity contribution in [2.75, 3.05) is 6.61 Å². The fourth-order valence-electron chi connectivity index (χ4n) is 2.55. The SMILES string of the molecule is Cc1cccc(C(O)c2cc(Cl)cc3c2OCC3)c1F. The minimum atomic E-state index is -1.08. The number of hydrogen-bond donors (Lipinski definition) is 1. The summed E-state index contributed by atoms with van der Waals surface area (Å²) >= 11 is 6.07. The second kappa shape index (κ2) is 5.08. The minimum absolute atomic E-state index is 0.241. The van der Waals surface area contributed by atoms with Gasteiger partial charge in [0.15, 0.2) is 0 Å². The number of ether oxygens (including phenoxy) is 1. The quantitative estimate of drug-likeness (QED) is 0.912. The molecule has 1 unspecified atom stereocenters. The van der Waals surface area contributed by atoms with Gasteiger partial charge in [0.25, 0.3) is 0 Å². The summed E-state index contributed by atoms with van der Waals surface area (Å²) in [5, 5.41) is 11.0. The monoisotopic (exact) mass is 292 g/mol. The van der Waals surface area contributed by atoms with Gasteiger partial charge in [-0.05, 0) is 30.2 Å². The second-order valence-corrected chi connectivity index (χ2v) is 5.40. The molecule has 0 saturated heterocycles. The van der Waals surface area contributed by atoms with E-state index < -0.39 is 11.9 Å². The van der Waals surface area contributed by atoms with E-state index in [0.29, 0.717) is 28.5 Å². The van der Waals surface area contributed by atoms with Crippen molar-refractivity contribution >= 4 is 11.6 Å². The fraction of sp³-hybridized carbons (Fsp3) is 0.250. The number of rotatable bonds is 2. The molecule has 0 spiro atoms. The molecule has 0 saturated carbocycles. The summed E-state index contributed by atoms with van der Waals surface area (Å²) in [5.74, 6) is 0.231. The van der Waals surface area contributed by atoms with Crippen LogP contribution in [-0.2, 0) is 6.42 Å². The van der Waals surface area contributed by atoms with Crippen molar-refractivity contribution in [1.82, 2.24) is 0 Å². The Bertz CT molecular complexity index is 670. The van der Waals surface area contributed by atoms with E-state index in [9.17, 15) is 9.50 Å². The third-order valence-corrected chi connectivity index (χ3v) is 3.81. The molecule has 20 heavy (non-hydrogen) atoms. The zero-order valence-corrected chi connectivity index (χ0v) is 11.7. The summed E-state index contributed by atoms with van der Waals surface area (Å²) in [6.45, 7) is 2.23. The predicted molar refractivity (Wildman–Crippen MR) is 75.8 cm³/mol. The number of aliphatic hydroxyl groups excluding tert-OH is 1. The standard InChI is InChI=1S/C16H14ClFO2/c1-9-3-2-4-12(14(9)18)15(19)13-8-11(17)7-10-5-6-20-16(10)13/h2-4,7-8,15,19H,5-6H2,1H3. The normalized spacial score (nSPS) is 14.8. The summed E-state index contributed by atoms with van der Waals surface area (Å²) in [6, 6.07) is 8.44. The van der Waals surface area contributed by atoms with E-state index in [-0.39, 0.29) is 5.56 Å². The molecule has 3 rings (SSSR count). The first-order valence-electron chi connectivity index (χ1n) is 6.46.